The van der Waals surface area contributed by atoms with Crippen LogP contribution in [-0.2, 0) is 4.79 Å². The first-order valence-corrected chi connectivity index (χ1v) is 8.33. The number of carbonyl (C=O) groups excluding carboxylic acids is 1. The average Bonchev–Trinajstić information content (AvgIpc) is 3.24. The van der Waals surface area contributed by atoms with Gasteiger partial charge in [-0.3, -0.25) is 4.79 Å². The van der Waals surface area contributed by atoms with E-state index in [0.717, 1.165) is 37.8 Å². The lowest BCUT2D eigenvalue weighted by atomic mass is 10.0. The van der Waals surface area contributed by atoms with Gasteiger partial charge in [0.1, 0.15) is 0 Å². The van der Waals surface area contributed by atoms with Crippen LogP contribution < -0.4 is 10.6 Å². The third-order valence-corrected chi connectivity index (χ3v) is 4.22. The standard InChI is InChI=1S/C16H22Cl2N2O/c1-2-15(13-8-5-11(17)10-14(13)18)19-9-3-4-16(21)20-12-6-7-12/h5,8,10,12,15,19H,2-4,6-7,9H2,1H3,(H,20,21). The predicted molar refractivity (Wildman–Crippen MR) is 87.9 cm³/mol. The maximum Gasteiger partial charge on any atom is 0.220 e. The van der Waals surface area contributed by atoms with E-state index in [4.69, 9.17) is 23.2 Å². The zero-order valence-electron chi connectivity index (χ0n) is 12.3. The second-order valence-corrected chi connectivity index (χ2v) is 6.37. The van der Waals surface area contributed by atoms with E-state index >= 15 is 0 Å². The Balaban J connectivity index is 1.75. The van der Waals surface area contributed by atoms with E-state index in [0.29, 0.717) is 22.5 Å². The Bertz CT molecular complexity index is 489. The van der Waals surface area contributed by atoms with Crippen molar-refractivity contribution >= 4 is 29.1 Å². The molecule has 5 heteroatoms. The van der Waals surface area contributed by atoms with Gasteiger partial charge in [-0.05, 0) is 49.9 Å². The fraction of sp³-hybridized carbons (Fsp3) is 0.562. The molecule has 21 heavy (non-hydrogen) atoms. The molecule has 0 saturated heterocycles. The van der Waals surface area contributed by atoms with E-state index in [1.165, 1.54) is 0 Å². The molecule has 0 spiro atoms. The van der Waals surface area contributed by atoms with E-state index in [-0.39, 0.29) is 11.9 Å². The highest BCUT2D eigenvalue weighted by Gasteiger charge is 2.22. The summed E-state index contributed by atoms with van der Waals surface area (Å²) in [5.74, 6) is 0.164. The molecule has 1 aromatic carbocycles. The molecule has 1 unspecified atom stereocenters. The summed E-state index contributed by atoms with van der Waals surface area (Å²) in [6.07, 6.45) is 4.62. The van der Waals surface area contributed by atoms with Gasteiger partial charge in [0, 0.05) is 28.5 Å². The molecule has 0 heterocycles. The van der Waals surface area contributed by atoms with E-state index in [1.54, 1.807) is 6.07 Å². The third kappa shape index (κ3) is 5.50. The van der Waals surface area contributed by atoms with Crippen LogP contribution in [0.25, 0.3) is 0 Å². The van der Waals surface area contributed by atoms with Crippen molar-refractivity contribution in [2.45, 2.75) is 51.1 Å². The number of hydrogen-bond acceptors (Lipinski definition) is 2. The quantitative estimate of drug-likeness (QED) is 0.705. The second-order valence-electron chi connectivity index (χ2n) is 5.53. The van der Waals surface area contributed by atoms with Gasteiger partial charge in [0.15, 0.2) is 0 Å². The van der Waals surface area contributed by atoms with Crippen LogP contribution in [0.5, 0.6) is 0 Å². The van der Waals surface area contributed by atoms with Crippen LogP contribution in [0.15, 0.2) is 18.2 Å². The molecule has 0 radical (unpaired) electrons. The fourth-order valence-electron chi connectivity index (χ4n) is 2.31. The minimum absolute atomic E-state index is 0.164. The first-order chi connectivity index (χ1) is 10.1. The Labute approximate surface area is 136 Å². The summed E-state index contributed by atoms with van der Waals surface area (Å²) in [5, 5.41) is 7.80. The molecule has 0 bridgehead atoms. The lowest BCUT2D eigenvalue weighted by Crippen LogP contribution is -2.27. The average molecular weight is 329 g/mol. The molecule has 1 amide bonds. The van der Waals surface area contributed by atoms with Crippen LogP contribution in [0.3, 0.4) is 0 Å². The minimum Gasteiger partial charge on any atom is -0.353 e. The maximum absolute atomic E-state index is 11.6. The monoisotopic (exact) mass is 328 g/mol. The molecule has 1 aliphatic carbocycles. The predicted octanol–water partition coefficient (Wildman–Crippen LogP) is 4.09. The molecule has 1 aliphatic rings. The molecule has 0 aliphatic heterocycles. The van der Waals surface area contributed by atoms with Gasteiger partial charge in [-0.2, -0.15) is 0 Å². The maximum atomic E-state index is 11.6. The number of rotatable bonds is 8. The lowest BCUT2D eigenvalue weighted by molar-refractivity contribution is -0.121. The molecule has 2 rings (SSSR count). The van der Waals surface area contributed by atoms with Crippen LogP contribution in [0, 0.1) is 0 Å². The number of carbonyl (C=O) groups is 1. The van der Waals surface area contributed by atoms with E-state index in [1.807, 2.05) is 12.1 Å². The summed E-state index contributed by atoms with van der Waals surface area (Å²) in [4.78, 5) is 11.6. The largest absolute Gasteiger partial charge is 0.353 e. The van der Waals surface area contributed by atoms with Crippen molar-refractivity contribution in [3.8, 4) is 0 Å². The van der Waals surface area contributed by atoms with Crippen molar-refractivity contribution in [1.82, 2.24) is 10.6 Å². The van der Waals surface area contributed by atoms with Crippen LogP contribution in [-0.4, -0.2) is 18.5 Å². The second kappa shape index (κ2) is 8.02. The summed E-state index contributed by atoms with van der Waals surface area (Å²) in [6.45, 7) is 2.91. The van der Waals surface area contributed by atoms with Gasteiger partial charge in [-0.15, -0.1) is 0 Å². The van der Waals surface area contributed by atoms with Crippen molar-refractivity contribution in [3.63, 3.8) is 0 Å². The fourth-order valence-corrected chi connectivity index (χ4v) is 2.85. The minimum atomic E-state index is 0.164. The number of nitrogens with one attached hydrogen (secondary N) is 2. The Morgan fingerprint density at radius 3 is 2.76 bits per heavy atom. The van der Waals surface area contributed by atoms with Crippen molar-refractivity contribution in [1.29, 1.82) is 0 Å². The Morgan fingerprint density at radius 2 is 2.14 bits per heavy atom. The molecular weight excluding hydrogens is 307 g/mol. The molecule has 2 N–H and O–H groups in total. The first kappa shape index (κ1) is 16.6. The van der Waals surface area contributed by atoms with E-state index < -0.39 is 0 Å². The van der Waals surface area contributed by atoms with Crippen LogP contribution in [0.1, 0.15) is 50.6 Å². The number of hydrogen-bond donors (Lipinski definition) is 2. The molecule has 1 fully saturated rings. The highest BCUT2D eigenvalue weighted by molar-refractivity contribution is 6.35. The molecule has 1 saturated carbocycles. The number of halogens is 2. The summed E-state index contributed by atoms with van der Waals surface area (Å²) < 4.78 is 0. The lowest BCUT2D eigenvalue weighted by Gasteiger charge is -2.19. The van der Waals surface area contributed by atoms with Gasteiger partial charge in [0.05, 0.1) is 0 Å². The summed E-state index contributed by atoms with van der Waals surface area (Å²) >= 11 is 12.2. The molecule has 116 valence electrons. The van der Waals surface area contributed by atoms with Crippen LogP contribution >= 0.6 is 23.2 Å². The molecular formula is C16H22Cl2N2O. The molecule has 1 atom stereocenters. The number of benzene rings is 1. The van der Waals surface area contributed by atoms with Gasteiger partial charge < -0.3 is 10.6 Å². The molecule has 0 aromatic heterocycles. The molecule has 3 nitrogen and oxygen atoms in total. The van der Waals surface area contributed by atoms with Crippen molar-refractivity contribution in [3.05, 3.63) is 33.8 Å². The van der Waals surface area contributed by atoms with Crippen LogP contribution in [0.2, 0.25) is 10.0 Å². The summed E-state index contributed by atoms with van der Waals surface area (Å²) in [6, 6.07) is 6.23. The third-order valence-electron chi connectivity index (χ3n) is 3.66. The SMILES string of the molecule is CCC(NCCCC(=O)NC1CC1)c1ccc(Cl)cc1Cl. The van der Waals surface area contributed by atoms with Gasteiger partial charge in [-0.25, -0.2) is 0 Å². The molecule has 1 aromatic rings. The highest BCUT2D eigenvalue weighted by Crippen LogP contribution is 2.28. The normalized spacial score (nSPS) is 15.8. The van der Waals surface area contributed by atoms with Crippen molar-refractivity contribution in [2.75, 3.05) is 6.54 Å². The Hall–Kier alpha value is -0.770. The number of amides is 1. The smallest absolute Gasteiger partial charge is 0.220 e. The van der Waals surface area contributed by atoms with Gasteiger partial charge in [0.25, 0.3) is 0 Å². The Morgan fingerprint density at radius 1 is 1.38 bits per heavy atom. The van der Waals surface area contributed by atoms with Gasteiger partial charge in [0.2, 0.25) is 5.91 Å². The summed E-state index contributed by atoms with van der Waals surface area (Å²) in [7, 11) is 0. The van der Waals surface area contributed by atoms with Crippen molar-refractivity contribution < 1.29 is 4.79 Å². The van der Waals surface area contributed by atoms with E-state index in [9.17, 15) is 4.79 Å². The van der Waals surface area contributed by atoms with E-state index in [2.05, 4.69) is 17.6 Å². The summed E-state index contributed by atoms with van der Waals surface area (Å²) in [5.41, 5.74) is 1.06. The Kier molecular flexibility index (Phi) is 6.34. The zero-order valence-corrected chi connectivity index (χ0v) is 13.8. The zero-order chi connectivity index (χ0) is 15.2. The highest BCUT2D eigenvalue weighted by atomic mass is 35.5. The van der Waals surface area contributed by atoms with Gasteiger partial charge >= 0.3 is 0 Å². The topological polar surface area (TPSA) is 41.1 Å². The first-order valence-electron chi connectivity index (χ1n) is 7.58. The van der Waals surface area contributed by atoms with Crippen molar-refractivity contribution in [2.24, 2.45) is 0 Å². The van der Waals surface area contributed by atoms with Crippen LogP contribution in [0.4, 0.5) is 0 Å². The van der Waals surface area contributed by atoms with Gasteiger partial charge in [-0.1, -0.05) is 36.2 Å².